The number of methoxy groups -OCH3 is 1. The van der Waals surface area contributed by atoms with Crippen molar-refractivity contribution in [3.05, 3.63) is 21.9 Å². The quantitative estimate of drug-likeness (QED) is 0.807. The molecule has 2 saturated heterocycles. The van der Waals surface area contributed by atoms with E-state index in [1.807, 2.05) is 21.9 Å². The summed E-state index contributed by atoms with van der Waals surface area (Å²) in [4.78, 5) is 30.9. The van der Waals surface area contributed by atoms with E-state index < -0.39 is 0 Å². The van der Waals surface area contributed by atoms with E-state index in [2.05, 4.69) is 13.8 Å². The number of piperidine rings is 1. The lowest BCUT2D eigenvalue weighted by atomic mass is 9.77. The summed E-state index contributed by atoms with van der Waals surface area (Å²) in [5.74, 6) is 0.905. The number of ether oxygens (including phenoxy) is 1. The van der Waals surface area contributed by atoms with Gasteiger partial charge in [0.1, 0.15) is 0 Å². The minimum atomic E-state index is 0.0828. The zero-order chi connectivity index (χ0) is 18.0. The molecule has 0 aromatic carbocycles. The fourth-order valence-corrected chi connectivity index (χ4v) is 4.92. The van der Waals surface area contributed by atoms with Gasteiger partial charge in [0.15, 0.2) is 0 Å². The summed E-state index contributed by atoms with van der Waals surface area (Å²) in [5.41, 5.74) is 0.0828. The van der Waals surface area contributed by atoms with Gasteiger partial charge in [-0.2, -0.15) is 0 Å². The van der Waals surface area contributed by atoms with E-state index in [9.17, 15) is 9.59 Å². The lowest BCUT2D eigenvalue weighted by Gasteiger charge is -2.38. The molecule has 0 unspecified atom stereocenters. The van der Waals surface area contributed by atoms with Gasteiger partial charge in [0.2, 0.25) is 5.91 Å². The van der Waals surface area contributed by atoms with Crippen molar-refractivity contribution in [2.45, 2.75) is 39.7 Å². The minimum Gasteiger partial charge on any atom is -0.379 e. The highest BCUT2D eigenvalue weighted by atomic mass is 32.1. The first-order valence-electron chi connectivity index (χ1n) is 9.07. The van der Waals surface area contributed by atoms with Crippen LogP contribution in [-0.2, 0) is 16.1 Å². The smallest absolute Gasteiger partial charge is 0.263 e. The van der Waals surface area contributed by atoms with Gasteiger partial charge >= 0.3 is 0 Å². The van der Waals surface area contributed by atoms with E-state index in [1.165, 1.54) is 11.3 Å². The third-order valence-electron chi connectivity index (χ3n) is 5.26. The van der Waals surface area contributed by atoms with Crippen LogP contribution < -0.4 is 0 Å². The van der Waals surface area contributed by atoms with E-state index in [4.69, 9.17) is 4.74 Å². The molecule has 3 heterocycles. The molecule has 1 spiro atoms. The molecule has 2 aliphatic rings. The van der Waals surface area contributed by atoms with Gasteiger partial charge in [-0.15, -0.1) is 11.3 Å². The van der Waals surface area contributed by atoms with Crippen LogP contribution in [0.1, 0.15) is 47.7 Å². The average Bonchev–Trinajstić information content (AvgIpc) is 3.13. The van der Waals surface area contributed by atoms with Gasteiger partial charge in [-0.25, -0.2) is 0 Å². The molecular formula is C19H28N2O3S. The molecule has 0 aliphatic carbocycles. The van der Waals surface area contributed by atoms with Gasteiger partial charge in [0.05, 0.1) is 11.5 Å². The van der Waals surface area contributed by atoms with Gasteiger partial charge in [-0.1, -0.05) is 13.8 Å². The average molecular weight is 365 g/mol. The monoisotopic (exact) mass is 364 g/mol. The number of thiophene rings is 1. The lowest BCUT2D eigenvalue weighted by Crippen LogP contribution is -2.44. The van der Waals surface area contributed by atoms with Gasteiger partial charge in [0.25, 0.3) is 5.91 Å². The summed E-state index contributed by atoms with van der Waals surface area (Å²) < 4.78 is 5.13. The first-order valence-corrected chi connectivity index (χ1v) is 9.89. The molecule has 5 nitrogen and oxygen atoms in total. The number of carbonyl (C=O) groups excluding carboxylic acids is 2. The van der Waals surface area contributed by atoms with Crippen LogP contribution in [0.3, 0.4) is 0 Å². The molecule has 1 aromatic rings. The maximum atomic E-state index is 12.7. The third-order valence-corrected chi connectivity index (χ3v) is 6.31. The van der Waals surface area contributed by atoms with Crippen LogP contribution in [0.2, 0.25) is 0 Å². The molecule has 0 bridgehead atoms. The standard InChI is InChI=1S/C19H28N2O3S/c1-14(2)11-21-13-19(10-17(21)22)6-8-20(9-7-19)18(23)16-5-4-15(25-16)12-24-3/h4-5,14H,6-13H2,1-3H3. The van der Waals surface area contributed by atoms with Crippen molar-refractivity contribution in [1.29, 1.82) is 0 Å². The fraction of sp³-hybridized carbons (Fsp3) is 0.684. The molecule has 0 radical (unpaired) electrons. The summed E-state index contributed by atoms with van der Waals surface area (Å²) in [6.07, 6.45) is 2.50. The Balaban J connectivity index is 1.58. The molecule has 0 saturated carbocycles. The second-order valence-electron chi connectivity index (χ2n) is 7.84. The van der Waals surface area contributed by atoms with Crippen LogP contribution in [0, 0.1) is 11.3 Å². The molecule has 25 heavy (non-hydrogen) atoms. The van der Waals surface area contributed by atoms with Crippen LogP contribution >= 0.6 is 11.3 Å². The van der Waals surface area contributed by atoms with Crippen molar-refractivity contribution in [2.75, 3.05) is 33.3 Å². The first kappa shape index (κ1) is 18.4. The van der Waals surface area contributed by atoms with Crippen LogP contribution in [0.4, 0.5) is 0 Å². The lowest BCUT2D eigenvalue weighted by molar-refractivity contribution is -0.128. The Morgan fingerprint density at radius 3 is 2.68 bits per heavy atom. The van der Waals surface area contributed by atoms with Crippen molar-refractivity contribution < 1.29 is 14.3 Å². The summed E-state index contributed by atoms with van der Waals surface area (Å²) >= 11 is 1.51. The molecule has 2 amide bonds. The van der Waals surface area contributed by atoms with E-state index in [1.54, 1.807) is 7.11 Å². The van der Waals surface area contributed by atoms with Crippen molar-refractivity contribution in [2.24, 2.45) is 11.3 Å². The predicted molar refractivity (Wildman–Crippen MR) is 98.6 cm³/mol. The summed E-state index contributed by atoms with van der Waals surface area (Å²) in [6.45, 7) is 8.06. The molecule has 2 fully saturated rings. The Hall–Kier alpha value is -1.40. The largest absolute Gasteiger partial charge is 0.379 e. The number of hydrogen-bond donors (Lipinski definition) is 0. The second-order valence-corrected chi connectivity index (χ2v) is 9.00. The van der Waals surface area contributed by atoms with Crippen LogP contribution in [0.25, 0.3) is 0 Å². The molecule has 2 aliphatic heterocycles. The van der Waals surface area contributed by atoms with Gasteiger partial charge < -0.3 is 14.5 Å². The first-order chi connectivity index (χ1) is 11.9. The number of nitrogens with zero attached hydrogens (tertiary/aromatic N) is 2. The van der Waals surface area contributed by atoms with Crippen molar-refractivity contribution in [3.8, 4) is 0 Å². The summed E-state index contributed by atoms with van der Waals surface area (Å²) in [6, 6.07) is 3.86. The second kappa shape index (κ2) is 7.46. The molecule has 1 aromatic heterocycles. The van der Waals surface area contributed by atoms with Gasteiger partial charge in [0, 0.05) is 50.0 Å². The maximum absolute atomic E-state index is 12.7. The molecule has 0 atom stereocenters. The number of hydrogen-bond acceptors (Lipinski definition) is 4. The number of rotatable bonds is 5. The fourth-order valence-electron chi connectivity index (χ4n) is 3.98. The highest BCUT2D eigenvalue weighted by Gasteiger charge is 2.45. The van der Waals surface area contributed by atoms with Crippen LogP contribution in [-0.4, -0.2) is 54.9 Å². The van der Waals surface area contributed by atoms with Gasteiger partial charge in [-0.3, -0.25) is 9.59 Å². The van der Waals surface area contributed by atoms with Crippen LogP contribution in [0.5, 0.6) is 0 Å². The van der Waals surface area contributed by atoms with E-state index in [0.717, 1.165) is 48.8 Å². The topological polar surface area (TPSA) is 49.9 Å². The zero-order valence-electron chi connectivity index (χ0n) is 15.4. The molecule has 0 N–H and O–H groups in total. The van der Waals surface area contributed by atoms with Crippen molar-refractivity contribution in [1.82, 2.24) is 9.80 Å². The van der Waals surface area contributed by atoms with E-state index in [0.29, 0.717) is 18.9 Å². The predicted octanol–water partition coefficient (Wildman–Crippen LogP) is 3.01. The van der Waals surface area contributed by atoms with E-state index >= 15 is 0 Å². The highest BCUT2D eigenvalue weighted by Crippen LogP contribution is 2.41. The van der Waals surface area contributed by atoms with Gasteiger partial charge in [-0.05, 0) is 30.9 Å². The Morgan fingerprint density at radius 1 is 1.32 bits per heavy atom. The molecule has 6 heteroatoms. The Bertz CT molecular complexity index is 632. The Kier molecular flexibility index (Phi) is 5.49. The molecular weight excluding hydrogens is 336 g/mol. The minimum absolute atomic E-state index is 0.0828. The third kappa shape index (κ3) is 4.06. The summed E-state index contributed by atoms with van der Waals surface area (Å²) in [7, 11) is 1.66. The number of carbonyl (C=O) groups is 2. The highest BCUT2D eigenvalue weighted by molar-refractivity contribution is 7.14. The van der Waals surface area contributed by atoms with Crippen molar-refractivity contribution in [3.63, 3.8) is 0 Å². The number of likely N-dealkylation sites (tertiary alicyclic amines) is 2. The van der Waals surface area contributed by atoms with Crippen molar-refractivity contribution >= 4 is 23.2 Å². The van der Waals surface area contributed by atoms with E-state index in [-0.39, 0.29) is 17.2 Å². The molecule has 138 valence electrons. The number of amides is 2. The molecule has 3 rings (SSSR count). The normalized spacial score (nSPS) is 20.1. The summed E-state index contributed by atoms with van der Waals surface area (Å²) in [5, 5.41) is 0. The van der Waals surface area contributed by atoms with Crippen LogP contribution in [0.15, 0.2) is 12.1 Å². The SMILES string of the molecule is COCc1ccc(C(=O)N2CCC3(CC2)CC(=O)N(CC(C)C)C3)s1. The maximum Gasteiger partial charge on any atom is 0.263 e. The Morgan fingerprint density at radius 2 is 2.04 bits per heavy atom. The zero-order valence-corrected chi connectivity index (χ0v) is 16.2. The Labute approximate surface area is 153 Å².